The molecule has 5 rings (SSSR count). The van der Waals surface area contributed by atoms with Gasteiger partial charge in [0.15, 0.2) is 5.78 Å². The molecule has 3 heterocycles. The van der Waals surface area contributed by atoms with Crippen molar-refractivity contribution in [2.24, 2.45) is 5.73 Å². The van der Waals surface area contributed by atoms with Crippen molar-refractivity contribution in [1.82, 2.24) is 9.97 Å². The van der Waals surface area contributed by atoms with Crippen molar-refractivity contribution in [3.8, 4) is 10.6 Å². The number of nitrogens with zero attached hydrogens (tertiary/aromatic N) is 3. The molecule has 0 spiro atoms. The normalized spacial score (nSPS) is 19.9. The second-order valence-corrected chi connectivity index (χ2v) is 10.5. The Balaban J connectivity index is 1.49. The van der Waals surface area contributed by atoms with E-state index in [9.17, 15) is 13.6 Å². The number of thiazole rings is 1. The lowest BCUT2D eigenvalue weighted by Gasteiger charge is -2.40. The molecule has 2 aromatic heterocycles. The highest BCUT2D eigenvalue weighted by atomic mass is 32.1. The standard InChI is InChI=1S/C25H27F2N5OS/c1-25(29)9-4-10-32(13-25)22-14(12-30-18-8-2-5-15(18)22)11-19(33)21-23(28)34-24(31-21)20-16(26)6-3-7-17(20)27/h3,6-7,12H,2,4-5,8-11,13,28-29H2,1H3. The number of nitrogen functional groups attached to an aromatic ring is 1. The van der Waals surface area contributed by atoms with Crippen LogP contribution in [0.2, 0.25) is 0 Å². The van der Waals surface area contributed by atoms with E-state index in [4.69, 9.17) is 11.5 Å². The zero-order chi connectivity index (χ0) is 24.0. The molecule has 1 aliphatic heterocycles. The molecule has 1 aliphatic carbocycles. The number of hydrogen-bond donors (Lipinski definition) is 2. The van der Waals surface area contributed by atoms with Crippen LogP contribution < -0.4 is 16.4 Å². The number of aryl methyl sites for hydroxylation is 1. The van der Waals surface area contributed by atoms with Crippen LogP contribution in [0.3, 0.4) is 0 Å². The molecule has 6 nitrogen and oxygen atoms in total. The number of aromatic nitrogens is 2. The molecule has 1 unspecified atom stereocenters. The van der Waals surface area contributed by atoms with Crippen molar-refractivity contribution in [2.75, 3.05) is 23.7 Å². The largest absolute Gasteiger partial charge is 0.389 e. The maximum Gasteiger partial charge on any atom is 0.188 e. The fourth-order valence-electron chi connectivity index (χ4n) is 5.12. The van der Waals surface area contributed by atoms with E-state index < -0.39 is 11.6 Å². The quantitative estimate of drug-likeness (QED) is 0.525. The number of ketones is 1. The fraction of sp³-hybridized carbons (Fsp3) is 0.400. The summed E-state index contributed by atoms with van der Waals surface area (Å²) in [6, 6.07) is 3.60. The highest BCUT2D eigenvalue weighted by molar-refractivity contribution is 7.19. The van der Waals surface area contributed by atoms with Gasteiger partial charge in [0.05, 0.1) is 5.56 Å². The van der Waals surface area contributed by atoms with Crippen molar-refractivity contribution in [3.05, 3.63) is 58.5 Å². The number of hydrogen-bond acceptors (Lipinski definition) is 7. The molecule has 0 radical (unpaired) electrons. The SMILES string of the molecule is CC1(N)CCCN(c2c(CC(=O)c3nc(-c4c(F)cccc4F)sc3N)cnc3c2CCC3)C1. The lowest BCUT2D eigenvalue weighted by molar-refractivity contribution is 0.0989. The van der Waals surface area contributed by atoms with Gasteiger partial charge >= 0.3 is 0 Å². The Bertz CT molecular complexity index is 1250. The number of anilines is 2. The van der Waals surface area contributed by atoms with Gasteiger partial charge in [-0.25, -0.2) is 13.8 Å². The average molecular weight is 484 g/mol. The van der Waals surface area contributed by atoms with Crippen LogP contribution in [0, 0.1) is 11.6 Å². The third-order valence-corrected chi connectivity index (χ3v) is 7.55. The fourth-order valence-corrected chi connectivity index (χ4v) is 6.01. The molecule has 2 aliphatic rings. The summed E-state index contributed by atoms with van der Waals surface area (Å²) >= 11 is 0.910. The first-order valence-electron chi connectivity index (χ1n) is 11.5. The maximum absolute atomic E-state index is 14.3. The molecule has 0 saturated carbocycles. The first-order valence-corrected chi connectivity index (χ1v) is 12.3. The van der Waals surface area contributed by atoms with E-state index in [1.807, 2.05) is 0 Å². The third-order valence-electron chi connectivity index (χ3n) is 6.64. The summed E-state index contributed by atoms with van der Waals surface area (Å²) in [6.45, 7) is 3.64. The number of Topliss-reactive ketones (excluding diaryl/α,β-unsaturated/α-hetero) is 1. The molecule has 1 saturated heterocycles. The second-order valence-electron chi connectivity index (χ2n) is 9.52. The lowest BCUT2D eigenvalue weighted by atomic mass is 9.90. The van der Waals surface area contributed by atoms with Crippen LogP contribution in [-0.4, -0.2) is 34.4 Å². The molecular formula is C25H27F2N5OS. The smallest absolute Gasteiger partial charge is 0.188 e. The van der Waals surface area contributed by atoms with Crippen molar-refractivity contribution < 1.29 is 13.6 Å². The summed E-state index contributed by atoms with van der Waals surface area (Å²) in [5.41, 5.74) is 16.2. The molecule has 9 heteroatoms. The zero-order valence-corrected chi connectivity index (χ0v) is 19.9. The molecule has 1 fully saturated rings. The van der Waals surface area contributed by atoms with Crippen LogP contribution in [0.1, 0.15) is 53.5 Å². The summed E-state index contributed by atoms with van der Waals surface area (Å²) in [6.07, 6.45) is 6.66. The molecule has 0 bridgehead atoms. The van der Waals surface area contributed by atoms with Gasteiger partial charge in [0.25, 0.3) is 0 Å². The highest BCUT2D eigenvalue weighted by Crippen LogP contribution is 2.38. The molecule has 34 heavy (non-hydrogen) atoms. The van der Waals surface area contributed by atoms with Crippen molar-refractivity contribution in [2.45, 2.75) is 51.0 Å². The van der Waals surface area contributed by atoms with E-state index >= 15 is 0 Å². The van der Waals surface area contributed by atoms with Crippen LogP contribution in [0.15, 0.2) is 24.4 Å². The van der Waals surface area contributed by atoms with Gasteiger partial charge in [-0.2, -0.15) is 0 Å². The van der Waals surface area contributed by atoms with E-state index in [1.54, 1.807) is 6.20 Å². The summed E-state index contributed by atoms with van der Waals surface area (Å²) in [5, 5.41) is 0.199. The van der Waals surface area contributed by atoms with Gasteiger partial charge in [0, 0.05) is 48.2 Å². The number of piperidine rings is 1. The molecular weight excluding hydrogens is 456 g/mol. The predicted octanol–water partition coefficient (Wildman–Crippen LogP) is 4.30. The predicted molar refractivity (Wildman–Crippen MR) is 130 cm³/mol. The number of carbonyl (C=O) groups excluding carboxylic acids is 1. The third kappa shape index (κ3) is 4.18. The number of nitrogens with two attached hydrogens (primary N) is 2. The average Bonchev–Trinajstić information content (AvgIpc) is 3.39. The summed E-state index contributed by atoms with van der Waals surface area (Å²) < 4.78 is 28.5. The van der Waals surface area contributed by atoms with Gasteiger partial charge in [-0.15, -0.1) is 0 Å². The summed E-state index contributed by atoms with van der Waals surface area (Å²) in [4.78, 5) is 24.5. The maximum atomic E-state index is 14.3. The van der Waals surface area contributed by atoms with Gasteiger partial charge in [-0.3, -0.25) is 9.78 Å². The zero-order valence-electron chi connectivity index (χ0n) is 19.0. The Morgan fingerprint density at radius 1 is 1.24 bits per heavy atom. The first kappa shape index (κ1) is 22.9. The highest BCUT2D eigenvalue weighted by Gasteiger charge is 2.32. The van der Waals surface area contributed by atoms with E-state index in [2.05, 4.69) is 21.8 Å². The topological polar surface area (TPSA) is 98.1 Å². The van der Waals surface area contributed by atoms with Crippen LogP contribution in [0.4, 0.5) is 19.5 Å². The molecule has 0 amide bonds. The van der Waals surface area contributed by atoms with Gasteiger partial charge in [0.1, 0.15) is 27.3 Å². The minimum absolute atomic E-state index is 0.0383. The van der Waals surface area contributed by atoms with Crippen LogP contribution in [0.5, 0.6) is 0 Å². The van der Waals surface area contributed by atoms with Crippen molar-refractivity contribution >= 4 is 27.8 Å². The number of pyridine rings is 1. The number of benzene rings is 1. The summed E-state index contributed by atoms with van der Waals surface area (Å²) in [7, 11) is 0. The van der Waals surface area contributed by atoms with Gasteiger partial charge in [-0.05, 0) is 56.7 Å². The lowest BCUT2D eigenvalue weighted by Crippen LogP contribution is -2.52. The van der Waals surface area contributed by atoms with Crippen molar-refractivity contribution in [3.63, 3.8) is 0 Å². The Morgan fingerprint density at radius 2 is 2.00 bits per heavy atom. The van der Waals surface area contributed by atoms with E-state index in [1.165, 1.54) is 11.6 Å². The molecule has 1 atom stereocenters. The van der Waals surface area contributed by atoms with Crippen LogP contribution in [-0.2, 0) is 19.3 Å². The molecule has 3 aromatic rings. The van der Waals surface area contributed by atoms with Gasteiger partial charge in [0.2, 0.25) is 0 Å². The Hall–Kier alpha value is -2.91. The minimum Gasteiger partial charge on any atom is -0.389 e. The number of fused-ring (bicyclic) bond motifs is 1. The molecule has 1 aromatic carbocycles. The summed E-state index contributed by atoms with van der Waals surface area (Å²) in [5.74, 6) is -1.79. The molecule has 4 N–H and O–H groups in total. The number of halogens is 2. The Morgan fingerprint density at radius 3 is 2.74 bits per heavy atom. The van der Waals surface area contributed by atoms with E-state index in [-0.39, 0.29) is 39.0 Å². The van der Waals surface area contributed by atoms with E-state index in [0.717, 1.165) is 79.1 Å². The van der Waals surface area contributed by atoms with E-state index in [0.29, 0.717) is 6.54 Å². The minimum atomic E-state index is -0.743. The van der Waals surface area contributed by atoms with Gasteiger partial charge in [-0.1, -0.05) is 17.4 Å². The monoisotopic (exact) mass is 483 g/mol. The number of carbonyl (C=O) groups is 1. The Labute approximate surface area is 201 Å². The van der Waals surface area contributed by atoms with Crippen molar-refractivity contribution in [1.29, 1.82) is 0 Å². The number of rotatable bonds is 5. The van der Waals surface area contributed by atoms with Crippen LogP contribution in [0.25, 0.3) is 10.6 Å². The first-order chi connectivity index (χ1) is 16.2. The molecule has 178 valence electrons. The van der Waals surface area contributed by atoms with Crippen LogP contribution >= 0.6 is 11.3 Å². The van der Waals surface area contributed by atoms with Gasteiger partial charge < -0.3 is 16.4 Å². The Kier molecular flexibility index (Phi) is 5.85. The second kappa shape index (κ2) is 8.70.